The minimum absolute atomic E-state index is 0.106. The van der Waals surface area contributed by atoms with Gasteiger partial charge in [0.05, 0.1) is 0 Å². The SMILES string of the molecule is CCNC(CNC(=O)OC(C)(C)C)CNC(=O)OC(C)(C)C. The summed E-state index contributed by atoms with van der Waals surface area (Å²) in [6.45, 7) is 14.2. The summed E-state index contributed by atoms with van der Waals surface area (Å²) in [5, 5.41) is 8.54. The molecule has 130 valence electrons. The molecule has 0 saturated heterocycles. The van der Waals surface area contributed by atoms with E-state index in [0.717, 1.165) is 6.54 Å². The molecule has 0 heterocycles. The molecule has 0 aromatic rings. The van der Waals surface area contributed by atoms with Crippen LogP contribution in [-0.4, -0.2) is 49.1 Å². The summed E-state index contributed by atoms with van der Waals surface area (Å²) in [6.07, 6.45) is -0.958. The predicted molar refractivity (Wildman–Crippen MR) is 85.9 cm³/mol. The fourth-order valence-corrected chi connectivity index (χ4v) is 1.55. The van der Waals surface area contributed by atoms with Gasteiger partial charge >= 0.3 is 12.2 Å². The second-order valence-corrected chi connectivity index (χ2v) is 7.02. The van der Waals surface area contributed by atoms with Crippen molar-refractivity contribution in [2.75, 3.05) is 19.6 Å². The van der Waals surface area contributed by atoms with Crippen LogP contribution in [0.15, 0.2) is 0 Å². The maximum absolute atomic E-state index is 11.6. The maximum atomic E-state index is 11.6. The highest BCUT2D eigenvalue weighted by molar-refractivity contribution is 5.68. The Morgan fingerprint density at radius 2 is 1.23 bits per heavy atom. The molecular formula is C15H31N3O4. The summed E-state index contributed by atoms with van der Waals surface area (Å²) < 4.78 is 10.3. The van der Waals surface area contributed by atoms with E-state index in [-0.39, 0.29) is 6.04 Å². The van der Waals surface area contributed by atoms with E-state index in [1.807, 2.05) is 6.92 Å². The third-order valence-corrected chi connectivity index (χ3v) is 2.28. The van der Waals surface area contributed by atoms with Gasteiger partial charge < -0.3 is 25.4 Å². The number of alkyl carbamates (subject to hydrolysis) is 2. The van der Waals surface area contributed by atoms with E-state index in [0.29, 0.717) is 13.1 Å². The van der Waals surface area contributed by atoms with E-state index in [1.165, 1.54) is 0 Å². The van der Waals surface area contributed by atoms with Crippen molar-refractivity contribution >= 4 is 12.2 Å². The molecule has 0 radical (unpaired) electrons. The van der Waals surface area contributed by atoms with Crippen molar-refractivity contribution in [3.05, 3.63) is 0 Å². The number of carbonyl (C=O) groups is 2. The quantitative estimate of drug-likeness (QED) is 0.697. The number of carbonyl (C=O) groups excluding carboxylic acids is 2. The summed E-state index contributed by atoms with van der Waals surface area (Å²) in [6, 6.07) is -0.106. The number of ether oxygens (including phenoxy) is 2. The van der Waals surface area contributed by atoms with Crippen molar-refractivity contribution in [3.63, 3.8) is 0 Å². The molecule has 0 atom stereocenters. The zero-order chi connectivity index (χ0) is 17.4. The monoisotopic (exact) mass is 317 g/mol. The number of hydrogen-bond donors (Lipinski definition) is 3. The Kier molecular flexibility index (Phi) is 8.22. The van der Waals surface area contributed by atoms with Crippen LogP contribution in [0.4, 0.5) is 9.59 Å². The largest absolute Gasteiger partial charge is 0.444 e. The number of amides is 2. The molecule has 0 aliphatic heterocycles. The van der Waals surface area contributed by atoms with E-state index in [9.17, 15) is 9.59 Å². The Labute approximate surface area is 133 Å². The van der Waals surface area contributed by atoms with Gasteiger partial charge in [0.1, 0.15) is 11.2 Å². The molecular weight excluding hydrogens is 286 g/mol. The lowest BCUT2D eigenvalue weighted by atomic mass is 10.2. The molecule has 7 heteroatoms. The van der Waals surface area contributed by atoms with Gasteiger partial charge in [0.2, 0.25) is 0 Å². The number of likely N-dealkylation sites (N-methyl/N-ethyl adjacent to an activating group) is 1. The van der Waals surface area contributed by atoms with Gasteiger partial charge in [-0.3, -0.25) is 0 Å². The van der Waals surface area contributed by atoms with Gasteiger partial charge in [-0.2, -0.15) is 0 Å². The lowest BCUT2D eigenvalue weighted by Crippen LogP contribution is -2.49. The van der Waals surface area contributed by atoms with E-state index < -0.39 is 23.4 Å². The molecule has 0 saturated carbocycles. The number of hydrogen-bond acceptors (Lipinski definition) is 5. The van der Waals surface area contributed by atoms with Gasteiger partial charge in [0.25, 0.3) is 0 Å². The van der Waals surface area contributed by atoms with Crippen LogP contribution in [0.3, 0.4) is 0 Å². The van der Waals surface area contributed by atoms with Gasteiger partial charge in [-0.25, -0.2) is 9.59 Å². The molecule has 0 rings (SSSR count). The van der Waals surface area contributed by atoms with Crippen LogP contribution in [0.5, 0.6) is 0 Å². The fourth-order valence-electron chi connectivity index (χ4n) is 1.55. The van der Waals surface area contributed by atoms with Crippen molar-refractivity contribution in [2.24, 2.45) is 0 Å². The molecule has 0 unspecified atom stereocenters. The Balaban J connectivity index is 4.21. The van der Waals surface area contributed by atoms with E-state index in [4.69, 9.17) is 9.47 Å². The Hall–Kier alpha value is -1.50. The van der Waals surface area contributed by atoms with Gasteiger partial charge in [0, 0.05) is 19.1 Å². The molecule has 22 heavy (non-hydrogen) atoms. The lowest BCUT2D eigenvalue weighted by Gasteiger charge is -2.24. The fraction of sp³-hybridized carbons (Fsp3) is 0.867. The highest BCUT2D eigenvalue weighted by atomic mass is 16.6. The predicted octanol–water partition coefficient (Wildman–Crippen LogP) is 2.01. The molecule has 0 aromatic carbocycles. The summed E-state index contributed by atoms with van der Waals surface area (Å²) in [7, 11) is 0. The summed E-state index contributed by atoms with van der Waals surface area (Å²) in [5.74, 6) is 0. The summed E-state index contributed by atoms with van der Waals surface area (Å²) in [5.41, 5.74) is -1.07. The van der Waals surface area contributed by atoms with Crippen molar-refractivity contribution in [3.8, 4) is 0 Å². The zero-order valence-corrected chi connectivity index (χ0v) is 14.8. The Bertz CT molecular complexity index is 327. The van der Waals surface area contributed by atoms with Crippen LogP contribution in [0.2, 0.25) is 0 Å². The normalized spacial score (nSPS) is 12.0. The third kappa shape index (κ3) is 12.3. The van der Waals surface area contributed by atoms with E-state index in [2.05, 4.69) is 16.0 Å². The smallest absolute Gasteiger partial charge is 0.407 e. The first-order valence-electron chi connectivity index (χ1n) is 7.60. The molecule has 7 nitrogen and oxygen atoms in total. The molecule has 0 aromatic heterocycles. The molecule has 0 aliphatic carbocycles. The van der Waals surface area contributed by atoms with Gasteiger partial charge in [0.15, 0.2) is 0 Å². The maximum Gasteiger partial charge on any atom is 0.407 e. The first-order chi connectivity index (χ1) is 9.93. The van der Waals surface area contributed by atoms with Crippen LogP contribution >= 0.6 is 0 Å². The van der Waals surface area contributed by atoms with E-state index in [1.54, 1.807) is 41.5 Å². The number of rotatable bonds is 6. The van der Waals surface area contributed by atoms with Crippen LogP contribution < -0.4 is 16.0 Å². The van der Waals surface area contributed by atoms with Crippen molar-refractivity contribution in [2.45, 2.75) is 65.7 Å². The van der Waals surface area contributed by atoms with Gasteiger partial charge in [-0.05, 0) is 48.1 Å². The third-order valence-electron chi connectivity index (χ3n) is 2.28. The van der Waals surface area contributed by atoms with Gasteiger partial charge in [-0.15, -0.1) is 0 Å². The minimum Gasteiger partial charge on any atom is -0.444 e. The van der Waals surface area contributed by atoms with Crippen molar-refractivity contribution < 1.29 is 19.1 Å². The Morgan fingerprint density at radius 1 is 0.864 bits per heavy atom. The van der Waals surface area contributed by atoms with Gasteiger partial charge in [-0.1, -0.05) is 6.92 Å². The van der Waals surface area contributed by atoms with Crippen LogP contribution in [0.25, 0.3) is 0 Å². The Morgan fingerprint density at radius 3 is 1.50 bits per heavy atom. The summed E-state index contributed by atoms with van der Waals surface area (Å²) >= 11 is 0. The van der Waals surface area contributed by atoms with Crippen LogP contribution in [0.1, 0.15) is 48.5 Å². The van der Waals surface area contributed by atoms with Crippen LogP contribution in [-0.2, 0) is 9.47 Å². The molecule has 3 N–H and O–H groups in total. The lowest BCUT2D eigenvalue weighted by molar-refractivity contribution is 0.0515. The summed E-state index contributed by atoms with van der Waals surface area (Å²) in [4.78, 5) is 23.2. The first kappa shape index (κ1) is 20.5. The highest BCUT2D eigenvalue weighted by Crippen LogP contribution is 2.07. The second kappa shape index (κ2) is 8.82. The highest BCUT2D eigenvalue weighted by Gasteiger charge is 2.19. The minimum atomic E-state index is -0.535. The van der Waals surface area contributed by atoms with Crippen LogP contribution in [0, 0.1) is 0 Å². The molecule has 2 amide bonds. The second-order valence-electron chi connectivity index (χ2n) is 7.02. The van der Waals surface area contributed by atoms with Crippen molar-refractivity contribution in [1.82, 2.24) is 16.0 Å². The average molecular weight is 317 g/mol. The molecule has 0 aliphatic rings. The molecule has 0 bridgehead atoms. The molecule has 0 fully saturated rings. The average Bonchev–Trinajstić information content (AvgIpc) is 2.28. The zero-order valence-electron chi connectivity index (χ0n) is 14.8. The molecule has 0 spiro atoms. The first-order valence-corrected chi connectivity index (χ1v) is 7.60. The number of nitrogens with one attached hydrogen (secondary N) is 3. The standard InChI is InChI=1S/C15H31N3O4/c1-8-16-11(9-17-12(19)21-14(2,3)4)10-18-13(20)22-15(5,6)7/h11,16H,8-10H2,1-7H3,(H,17,19)(H,18,20). The van der Waals surface area contributed by atoms with Crippen molar-refractivity contribution in [1.29, 1.82) is 0 Å². The van der Waals surface area contributed by atoms with E-state index >= 15 is 0 Å². The topological polar surface area (TPSA) is 88.7 Å².